The molecule has 0 amide bonds. The highest BCUT2D eigenvalue weighted by Gasteiger charge is 2.22. The second kappa shape index (κ2) is 12.6. The lowest BCUT2D eigenvalue weighted by molar-refractivity contribution is 1.01. The third-order valence-corrected chi connectivity index (χ3v) is 12.3. The largest absolute Gasteiger partial charge is 0.308 e. The molecule has 0 N–H and O–H groups in total. The number of nitrogens with zero attached hydrogens (tertiary/aromatic N) is 5. The van der Waals surface area contributed by atoms with E-state index >= 15 is 0 Å². The maximum atomic E-state index is 5.37. The molecule has 0 bridgehead atoms. The molecule has 4 heterocycles. The van der Waals surface area contributed by atoms with Crippen LogP contribution in [0.4, 0.5) is 0 Å². The van der Waals surface area contributed by atoms with Crippen molar-refractivity contribution in [3.8, 4) is 44.6 Å². The van der Waals surface area contributed by atoms with Gasteiger partial charge >= 0.3 is 0 Å². The van der Waals surface area contributed by atoms with Gasteiger partial charge in [-0.25, -0.2) is 15.0 Å². The lowest BCUT2D eigenvalue weighted by Crippen LogP contribution is -2.04. The Bertz CT molecular complexity index is 3510. The summed E-state index contributed by atoms with van der Waals surface area (Å²) in [6.45, 7) is 0. The Morgan fingerprint density at radius 3 is 1.88 bits per heavy atom. The first-order valence-electron chi connectivity index (χ1n) is 19.1. The average Bonchev–Trinajstić information content (AvgIpc) is 3.97. The number of hydrogen-bond acceptors (Lipinski definition) is 4. The van der Waals surface area contributed by atoms with Crippen LogP contribution in [-0.4, -0.2) is 24.1 Å². The van der Waals surface area contributed by atoms with Crippen molar-refractivity contribution in [2.24, 2.45) is 0 Å². The topological polar surface area (TPSA) is 48.5 Å². The van der Waals surface area contributed by atoms with Crippen LogP contribution in [-0.2, 0) is 0 Å². The molecule has 0 fully saturated rings. The third kappa shape index (κ3) is 4.91. The van der Waals surface area contributed by atoms with E-state index in [9.17, 15) is 0 Å². The van der Waals surface area contributed by atoms with Crippen LogP contribution in [0.1, 0.15) is 0 Å². The van der Waals surface area contributed by atoms with Crippen molar-refractivity contribution in [3.63, 3.8) is 0 Å². The molecule has 57 heavy (non-hydrogen) atoms. The minimum absolute atomic E-state index is 0.648. The Hall–Kier alpha value is -7.41. The Morgan fingerprint density at radius 1 is 0.386 bits per heavy atom. The molecule has 5 nitrogen and oxygen atoms in total. The van der Waals surface area contributed by atoms with E-state index < -0.39 is 0 Å². The van der Waals surface area contributed by atoms with E-state index in [-0.39, 0.29) is 0 Å². The Morgan fingerprint density at radius 2 is 1.05 bits per heavy atom. The van der Waals surface area contributed by atoms with Crippen molar-refractivity contribution < 1.29 is 0 Å². The van der Waals surface area contributed by atoms with Gasteiger partial charge in [-0.15, -0.1) is 11.3 Å². The summed E-state index contributed by atoms with van der Waals surface area (Å²) in [7, 11) is 0. The van der Waals surface area contributed by atoms with E-state index in [1.165, 1.54) is 21.0 Å². The molecule has 12 aromatic rings. The van der Waals surface area contributed by atoms with E-state index in [0.717, 1.165) is 82.4 Å². The molecule has 8 aromatic carbocycles. The monoisotopic (exact) mass is 745 g/mol. The van der Waals surface area contributed by atoms with E-state index in [4.69, 9.17) is 15.0 Å². The molecular weight excluding hydrogens is 715 g/mol. The molecule has 0 radical (unpaired) electrons. The fraction of sp³-hybridized carbons (Fsp3) is 0. The van der Waals surface area contributed by atoms with E-state index in [1.54, 1.807) is 11.3 Å². The first-order valence-corrected chi connectivity index (χ1v) is 19.9. The summed E-state index contributed by atoms with van der Waals surface area (Å²) in [5.41, 5.74) is 12.9. The number of benzene rings is 8. The first-order chi connectivity index (χ1) is 28.3. The molecule has 0 spiro atoms. The SMILES string of the molecule is c1ccc(-c2nc3ccc4c5cc(-c6cccc7c8ccccc8n(-c8nc(-c9ccccc9)c9ccccc9n8)c67)ccc5n(-c5ccccc5)c4c3s2)cc1. The average molecular weight is 746 g/mol. The molecule has 12 rings (SSSR count). The smallest absolute Gasteiger partial charge is 0.235 e. The molecule has 0 unspecified atom stereocenters. The summed E-state index contributed by atoms with van der Waals surface area (Å²) in [5, 5.41) is 6.76. The second-order valence-electron chi connectivity index (χ2n) is 14.4. The zero-order valence-electron chi connectivity index (χ0n) is 30.5. The molecule has 0 aliphatic carbocycles. The molecule has 0 saturated carbocycles. The molecule has 0 aliphatic heterocycles. The predicted octanol–water partition coefficient (Wildman–Crippen LogP) is 13.4. The Kier molecular flexibility index (Phi) is 7.03. The van der Waals surface area contributed by atoms with Crippen molar-refractivity contribution in [1.82, 2.24) is 24.1 Å². The number of aromatic nitrogens is 5. The highest BCUT2D eigenvalue weighted by atomic mass is 32.1. The van der Waals surface area contributed by atoms with E-state index in [2.05, 4.69) is 191 Å². The van der Waals surface area contributed by atoms with Crippen LogP contribution >= 0.6 is 11.3 Å². The number of fused-ring (bicyclic) bond motifs is 9. The summed E-state index contributed by atoms with van der Waals surface area (Å²) >= 11 is 1.76. The maximum Gasteiger partial charge on any atom is 0.235 e. The van der Waals surface area contributed by atoms with Gasteiger partial charge < -0.3 is 4.57 Å². The maximum absolute atomic E-state index is 5.37. The van der Waals surface area contributed by atoms with Gasteiger partial charge in [0.1, 0.15) is 5.01 Å². The van der Waals surface area contributed by atoms with Gasteiger partial charge in [0, 0.05) is 49.3 Å². The molecular formula is C51H31N5S. The van der Waals surface area contributed by atoms with Crippen LogP contribution in [0.25, 0.3) is 109 Å². The normalized spacial score (nSPS) is 11.9. The molecule has 0 aliphatic rings. The van der Waals surface area contributed by atoms with Gasteiger partial charge in [0.2, 0.25) is 5.95 Å². The number of thiazole rings is 1. The standard InChI is InChI=1S/C51H31N5S/c1-4-15-32(16-5-1)46-40-22-10-12-25-42(40)53-51(54-46)56-44-26-13-11-21-37(44)38-24-14-23-36(47(38)56)34-27-30-45-41(31-34)39-28-29-43-49(48(39)55(45)35-19-8-3-9-20-35)57-50(52-43)33-17-6-2-7-18-33/h1-31H. The summed E-state index contributed by atoms with van der Waals surface area (Å²) in [5.74, 6) is 0.648. The van der Waals surface area contributed by atoms with Gasteiger partial charge in [-0.1, -0.05) is 140 Å². The fourth-order valence-corrected chi connectivity index (χ4v) is 9.75. The quantitative estimate of drug-likeness (QED) is 0.176. The van der Waals surface area contributed by atoms with Crippen LogP contribution < -0.4 is 0 Å². The highest BCUT2D eigenvalue weighted by molar-refractivity contribution is 7.22. The van der Waals surface area contributed by atoms with Gasteiger partial charge in [-0.05, 0) is 54.1 Å². The minimum Gasteiger partial charge on any atom is -0.308 e. The lowest BCUT2D eigenvalue weighted by Gasteiger charge is -2.14. The molecule has 4 aromatic heterocycles. The Balaban J connectivity index is 1.14. The van der Waals surface area contributed by atoms with Crippen LogP contribution in [0.15, 0.2) is 188 Å². The van der Waals surface area contributed by atoms with Crippen LogP contribution in [0.3, 0.4) is 0 Å². The molecule has 6 heteroatoms. The fourth-order valence-electron chi connectivity index (χ4n) is 8.64. The lowest BCUT2D eigenvalue weighted by atomic mass is 10.00. The third-order valence-electron chi connectivity index (χ3n) is 11.2. The van der Waals surface area contributed by atoms with Crippen molar-refractivity contribution in [1.29, 1.82) is 0 Å². The van der Waals surface area contributed by atoms with Crippen molar-refractivity contribution >= 4 is 76.1 Å². The van der Waals surface area contributed by atoms with Crippen molar-refractivity contribution in [2.45, 2.75) is 0 Å². The molecule has 0 atom stereocenters. The van der Waals surface area contributed by atoms with Crippen molar-refractivity contribution in [3.05, 3.63) is 188 Å². The zero-order valence-corrected chi connectivity index (χ0v) is 31.4. The second-order valence-corrected chi connectivity index (χ2v) is 15.4. The number of hydrogen-bond donors (Lipinski definition) is 0. The summed E-state index contributed by atoms with van der Waals surface area (Å²) < 4.78 is 5.86. The summed E-state index contributed by atoms with van der Waals surface area (Å²) in [4.78, 5) is 15.8. The van der Waals surface area contributed by atoms with Crippen LogP contribution in [0.5, 0.6) is 0 Å². The van der Waals surface area contributed by atoms with E-state index in [1.807, 2.05) is 6.07 Å². The molecule has 266 valence electrons. The van der Waals surface area contributed by atoms with Crippen molar-refractivity contribution in [2.75, 3.05) is 0 Å². The minimum atomic E-state index is 0.648. The summed E-state index contributed by atoms with van der Waals surface area (Å²) in [6, 6.07) is 66.5. The predicted molar refractivity (Wildman–Crippen MR) is 238 cm³/mol. The Labute approximate surface area is 331 Å². The number of rotatable bonds is 5. The van der Waals surface area contributed by atoms with Gasteiger partial charge in [-0.2, -0.15) is 0 Å². The first kappa shape index (κ1) is 31.9. The van der Waals surface area contributed by atoms with Crippen LogP contribution in [0, 0.1) is 0 Å². The molecule has 0 saturated heterocycles. The van der Waals surface area contributed by atoms with Gasteiger partial charge in [0.15, 0.2) is 0 Å². The van der Waals surface area contributed by atoms with Gasteiger partial charge in [-0.3, -0.25) is 4.57 Å². The zero-order chi connectivity index (χ0) is 37.5. The van der Waals surface area contributed by atoms with E-state index in [0.29, 0.717) is 5.95 Å². The number of para-hydroxylation sites is 4. The highest BCUT2D eigenvalue weighted by Crippen LogP contribution is 2.44. The van der Waals surface area contributed by atoms with Crippen LogP contribution in [0.2, 0.25) is 0 Å². The van der Waals surface area contributed by atoms with Gasteiger partial charge in [0.25, 0.3) is 0 Å². The van der Waals surface area contributed by atoms with Gasteiger partial charge in [0.05, 0.1) is 43.5 Å². The summed E-state index contributed by atoms with van der Waals surface area (Å²) in [6.07, 6.45) is 0.